The van der Waals surface area contributed by atoms with Crippen molar-refractivity contribution < 1.29 is 14.3 Å². The second-order valence-electron chi connectivity index (χ2n) is 11.1. The molecule has 39 heavy (non-hydrogen) atoms. The summed E-state index contributed by atoms with van der Waals surface area (Å²) in [5.74, 6) is 0.171. The summed E-state index contributed by atoms with van der Waals surface area (Å²) in [7, 11) is 0. The van der Waals surface area contributed by atoms with Crippen molar-refractivity contribution in [2.75, 3.05) is 18.5 Å². The van der Waals surface area contributed by atoms with Gasteiger partial charge in [-0.1, -0.05) is 79.6 Å². The number of amides is 2. The van der Waals surface area contributed by atoms with Gasteiger partial charge in [0.05, 0.1) is 31.2 Å². The molecule has 1 saturated heterocycles. The number of likely N-dealkylation sites (tertiary alicyclic amines) is 1. The molecular weight excluding hydrogens is 486 g/mol. The first kappa shape index (κ1) is 25.6. The van der Waals surface area contributed by atoms with Crippen LogP contribution in [0.15, 0.2) is 84.9 Å². The van der Waals surface area contributed by atoms with Crippen LogP contribution >= 0.6 is 0 Å². The summed E-state index contributed by atoms with van der Waals surface area (Å²) in [4.78, 5) is 29.3. The average Bonchev–Trinajstić information content (AvgIpc) is 3.44. The molecule has 0 aromatic heterocycles. The Balaban J connectivity index is 1.19. The number of hydrogen-bond donors (Lipinski definition) is 2. The quantitative estimate of drug-likeness (QED) is 0.424. The van der Waals surface area contributed by atoms with Gasteiger partial charge in [-0.05, 0) is 48.6 Å². The minimum absolute atomic E-state index is 0.0210. The van der Waals surface area contributed by atoms with Crippen molar-refractivity contribution in [1.29, 1.82) is 0 Å². The number of para-hydroxylation sites is 1. The monoisotopic (exact) mass is 523 g/mol. The molecule has 3 aliphatic rings. The Morgan fingerprint density at radius 1 is 0.872 bits per heavy atom. The number of carbonyl (C=O) groups excluding carboxylic acids is 2. The van der Waals surface area contributed by atoms with Crippen molar-refractivity contribution in [2.45, 2.75) is 56.8 Å². The molecule has 5 atom stereocenters. The van der Waals surface area contributed by atoms with Crippen molar-refractivity contribution in [3.05, 3.63) is 102 Å². The van der Waals surface area contributed by atoms with Gasteiger partial charge in [-0.3, -0.25) is 9.59 Å². The van der Waals surface area contributed by atoms with Crippen molar-refractivity contribution in [3.63, 3.8) is 0 Å². The van der Waals surface area contributed by atoms with Gasteiger partial charge in [0.15, 0.2) is 0 Å². The average molecular weight is 524 g/mol. The van der Waals surface area contributed by atoms with E-state index in [9.17, 15) is 9.59 Å². The van der Waals surface area contributed by atoms with E-state index in [0.717, 1.165) is 49.9 Å². The molecule has 2 fully saturated rings. The summed E-state index contributed by atoms with van der Waals surface area (Å²) < 4.78 is 6.18. The zero-order valence-electron chi connectivity index (χ0n) is 22.3. The SMILES string of the molecule is O=C(N[C@@H]1CCCC[C@@H]1C(=O)N1CC[C@@H]2[C@@H](COCc3ccccc3)Nc3ccccc3[C@@H]21)c1ccccc1. The fourth-order valence-corrected chi connectivity index (χ4v) is 6.77. The summed E-state index contributed by atoms with van der Waals surface area (Å²) in [5.41, 5.74) is 4.08. The van der Waals surface area contributed by atoms with E-state index in [1.54, 1.807) is 0 Å². The van der Waals surface area contributed by atoms with Gasteiger partial charge in [0, 0.05) is 29.8 Å². The zero-order valence-corrected chi connectivity index (χ0v) is 22.3. The molecule has 1 saturated carbocycles. The molecule has 6 heteroatoms. The van der Waals surface area contributed by atoms with Gasteiger partial charge in [-0.25, -0.2) is 0 Å². The highest BCUT2D eigenvalue weighted by molar-refractivity contribution is 5.94. The van der Waals surface area contributed by atoms with E-state index in [0.29, 0.717) is 18.8 Å². The Morgan fingerprint density at radius 3 is 2.41 bits per heavy atom. The van der Waals surface area contributed by atoms with Crippen LogP contribution in [0.25, 0.3) is 0 Å². The molecule has 1 aliphatic carbocycles. The van der Waals surface area contributed by atoms with E-state index in [1.165, 1.54) is 5.56 Å². The molecule has 0 radical (unpaired) electrons. The molecule has 0 unspecified atom stereocenters. The van der Waals surface area contributed by atoms with E-state index in [-0.39, 0.29) is 41.8 Å². The molecule has 2 N–H and O–H groups in total. The first-order chi connectivity index (χ1) is 19.2. The summed E-state index contributed by atoms with van der Waals surface area (Å²) >= 11 is 0. The minimum atomic E-state index is -0.194. The lowest BCUT2D eigenvalue weighted by atomic mass is 9.81. The molecule has 0 bridgehead atoms. The second-order valence-corrected chi connectivity index (χ2v) is 11.1. The van der Waals surface area contributed by atoms with Crippen LogP contribution in [0.1, 0.15) is 59.6 Å². The highest BCUT2D eigenvalue weighted by Crippen LogP contribution is 2.47. The molecule has 0 spiro atoms. The van der Waals surface area contributed by atoms with Gasteiger partial charge < -0.3 is 20.3 Å². The van der Waals surface area contributed by atoms with Gasteiger partial charge >= 0.3 is 0 Å². The summed E-state index contributed by atoms with van der Waals surface area (Å²) in [6.07, 6.45) is 4.64. The maximum Gasteiger partial charge on any atom is 0.251 e. The van der Waals surface area contributed by atoms with Crippen LogP contribution in [0.3, 0.4) is 0 Å². The molecule has 3 aromatic carbocycles. The highest BCUT2D eigenvalue weighted by atomic mass is 16.5. The fourth-order valence-electron chi connectivity index (χ4n) is 6.77. The molecule has 6 nitrogen and oxygen atoms in total. The predicted octanol–water partition coefficient (Wildman–Crippen LogP) is 5.58. The standard InChI is InChI=1S/C33H37N3O3/c37-32(24-13-5-2-6-14-24)35-29-18-10-8-16-27(29)33(38)36-20-19-26-30(22-39-21-23-11-3-1-4-12-23)34-28-17-9-7-15-25(28)31(26)36/h1-7,9,11-15,17,26-27,29-31,34H,8,10,16,18-22H2,(H,35,37)/t26-,27+,29-,30-,31+/m1/s1. The highest BCUT2D eigenvalue weighted by Gasteiger charge is 2.48. The lowest BCUT2D eigenvalue weighted by Gasteiger charge is -2.41. The second kappa shape index (κ2) is 11.6. The lowest BCUT2D eigenvalue weighted by molar-refractivity contribution is -0.139. The Hall–Kier alpha value is -3.64. The Morgan fingerprint density at radius 2 is 1.59 bits per heavy atom. The molecule has 202 valence electrons. The third-order valence-electron chi connectivity index (χ3n) is 8.71. The third kappa shape index (κ3) is 5.44. The van der Waals surface area contributed by atoms with E-state index >= 15 is 0 Å². The lowest BCUT2D eigenvalue weighted by Crippen LogP contribution is -2.50. The number of anilines is 1. The first-order valence-corrected chi connectivity index (χ1v) is 14.3. The Bertz CT molecular complexity index is 1280. The Kier molecular flexibility index (Phi) is 7.64. The smallest absolute Gasteiger partial charge is 0.251 e. The number of ether oxygens (including phenoxy) is 1. The van der Waals surface area contributed by atoms with Crippen LogP contribution in [0.2, 0.25) is 0 Å². The zero-order chi connectivity index (χ0) is 26.6. The molecule has 3 aromatic rings. The molecular formula is C33H37N3O3. The summed E-state index contributed by atoms with van der Waals surface area (Å²) in [5, 5.41) is 6.94. The van der Waals surface area contributed by atoms with Crippen molar-refractivity contribution in [1.82, 2.24) is 10.2 Å². The number of fused-ring (bicyclic) bond motifs is 3. The minimum Gasteiger partial charge on any atom is -0.379 e. The third-order valence-corrected chi connectivity index (χ3v) is 8.71. The number of nitrogens with one attached hydrogen (secondary N) is 2. The van der Waals surface area contributed by atoms with Gasteiger partial charge in [-0.2, -0.15) is 0 Å². The summed E-state index contributed by atoms with van der Waals surface area (Å²) in [6.45, 7) is 1.90. The van der Waals surface area contributed by atoms with E-state index in [1.807, 2.05) is 54.6 Å². The van der Waals surface area contributed by atoms with E-state index in [4.69, 9.17) is 4.74 Å². The first-order valence-electron chi connectivity index (χ1n) is 14.3. The van der Waals surface area contributed by atoms with Crippen LogP contribution in [-0.2, 0) is 16.1 Å². The normalized spacial score (nSPS) is 25.7. The van der Waals surface area contributed by atoms with Gasteiger partial charge in [-0.15, -0.1) is 0 Å². The van der Waals surface area contributed by atoms with Gasteiger partial charge in [0.1, 0.15) is 0 Å². The molecule has 2 heterocycles. The molecule has 2 aliphatic heterocycles. The van der Waals surface area contributed by atoms with Crippen molar-refractivity contribution in [3.8, 4) is 0 Å². The fraction of sp³-hybridized carbons (Fsp3) is 0.394. The number of benzene rings is 3. The van der Waals surface area contributed by atoms with Crippen LogP contribution in [-0.4, -0.2) is 41.9 Å². The Labute approximate surface area is 230 Å². The summed E-state index contributed by atoms with van der Waals surface area (Å²) in [6, 6.07) is 27.9. The van der Waals surface area contributed by atoms with E-state index < -0.39 is 0 Å². The predicted molar refractivity (Wildman–Crippen MR) is 152 cm³/mol. The molecule has 6 rings (SSSR count). The maximum atomic E-state index is 14.2. The number of nitrogens with zero attached hydrogens (tertiary/aromatic N) is 1. The van der Waals surface area contributed by atoms with E-state index in [2.05, 4.69) is 45.9 Å². The van der Waals surface area contributed by atoms with Crippen LogP contribution in [0, 0.1) is 11.8 Å². The van der Waals surface area contributed by atoms with Gasteiger partial charge in [0.2, 0.25) is 5.91 Å². The maximum absolute atomic E-state index is 14.2. The number of rotatable bonds is 7. The molecule has 2 amide bonds. The van der Waals surface area contributed by atoms with Crippen LogP contribution in [0.4, 0.5) is 5.69 Å². The van der Waals surface area contributed by atoms with Crippen LogP contribution < -0.4 is 10.6 Å². The largest absolute Gasteiger partial charge is 0.379 e. The van der Waals surface area contributed by atoms with Crippen LogP contribution in [0.5, 0.6) is 0 Å². The number of hydrogen-bond acceptors (Lipinski definition) is 4. The van der Waals surface area contributed by atoms with Gasteiger partial charge in [0.25, 0.3) is 5.91 Å². The number of carbonyl (C=O) groups is 2. The topological polar surface area (TPSA) is 70.7 Å². The van der Waals surface area contributed by atoms with Crippen molar-refractivity contribution >= 4 is 17.5 Å². The van der Waals surface area contributed by atoms with Crippen molar-refractivity contribution in [2.24, 2.45) is 11.8 Å².